The summed E-state index contributed by atoms with van der Waals surface area (Å²) in [5.41, 5.74) is 6.80. The van der Waals surface area contributed by atoms with Crippen LogP contribution >= 0.6 is 0 Å². The Balaban J connectivity index is -0.00000107. The van der Waals surface area contributed by atoms with E-state index in [4.69, 9.17) is 0 Å². The van der Waals surface area contributed by atoms with Gasteiger partial charge in [0.2, 0.25) is 0 Å². The van der Waals surface area contributed by atoms with E-state index in [2.05, 4.69) is 131 Å². The molecule has 0 amide bonds. The second-order valence-corrected chi connectivity index (χ2v) is 14.7. The first-order chi connectivity index (χ1) is 20.7. The first-order valence-electron chi connectivity index (χ1n) is 18.5. The van der Waals surface area contributed by atoms with E-state index in [0.29, 0.717) is 28.6 Å². The maximum Gasteiger partial charge on any atom is 0.00514 e. The predicted molar refractivity (Wildman–Crippen MR) is 212 cm³/mol. The second-order valence-electron chi connectivity index (χ2n) is 14.7. The van der Waals surface area contributed by atoms with Crippen LogP contribution in [0.4, 0.5) is 0 Å². The molecule has 1 aliphatic carbocycles. The summed E-state index contributed by atoms with van der Waals surface area (Å²) < 4.78 is 0. The van der Waals surface area contributed by atoms with E-state index in [0.717, 1.165) is 5.92 Å². The predicted octanol–water partition coefficient (Wildman–Crippen LogP) is 15.9. The SMILES string of the molecule is C.C/C=C\C=C/CCCC.CC.CC.Cc1ccc([C@@H](CC[C@@H](C)C(C)(C)C)C2=CC(CC(C)(C)C(C)C)=CC(C)CC2)cc1. The smallest absolute Gasteiger partial charge is 0.00514 e. The van der Waals surface area contributed by atoms with Gasteiger partial charge in [-0.25, -0.2) is 0 Å². The van der Waals surface area contributed by atoms with E-state index >= 15 is 0 Å². The van der Waals surface area contributed by atoms with Crippen LogP contribution in [0.25, 0.3) is 0 Å². The first kappa shape index (κ1) is 47.6. The minimum Gasteiger partial charge on any atom is -0.0877 e. The van der Waals surface area contributed by atoms with E-state index in [9.17, 15) is 0 Å². The molecule has 1 unspecified atom stereocenters. The Morgan fingerprint density at radius 1 is 0.889 bits per heavy atom. The lowest BCUT2D eigenvalue weighted by atomic mass is 9.74. The van der Waals surface area contributed by atoms with Crippen LogP contribution in [-0.2, 0) is 0 Å². The van der Waals surface area contributed by atoms with Crippen molar-refractivity contribution >= 4 is 0 Å². The molecule has 0 heterocycles. The summed E-state index contributed by atoms with van der Waals surface area (Å²) in [6.45, 7) is 36.1. The Morgan fingerprint density at radius 3 is 1.96 bits per heavy atom. The highest BCUT2D eigenvalue weighted by atomic mass is 14.3. The first-order valence-corrected chi connectivity index (χ1v) is 18.5. The van der Waals surface area contributed by atoms with Gasteiger partial charge in [0, 0.05) is 5.92 Å². The lowest BCUT2D eigenvalue weighted by Crippen LogP contribution is -2.20. The molecule has 1 aromatic rings. The summed E-state index contributed by atoms with van der Waals surface area (Å²) in [6, 6.07) is 9.37. The number of hydrogen-bond acceptors (Lipinski definition) is 0. The Bertz CT molecular complexity index is 939. The number of benzene rings is 1. The fourth-order valence-corrected chi connectivity index (χ4v) is 5.14. The van der Waals surface area contributed by atoms with Gasteiger partial charge in [0.05, 0.1) is 0 Å². The van der Waals surface area contributed by atoms with Crippen LogP contribution in [0, 0.1) is 35.5 Å². The molecule has 3 atom stereocenters. The second kappa shape index (κ2) is 26.3. The Kier molecular flexibility index (Phi) is 27.8. The van der Waals surface area contributed by atoms with Gasteiger partial charge < -0.3 is 0 Å². The Hall–Kier alpha value is -1.82. The van der Waals surface area contributed by atoms with Crippen molar-refractivity contribution in [3.63, 3.8) is 0 Å². The summed E-state index contributed by atoms with van der Waals surface area (Å²) >= 11 is 0. The molecule has 0 saturated heterocycles. The molecule has 0 spiro atoms. The summed E-state index contributed by atoms with van der Waals surface area (Å²) in [6.07, 6.45) is 23.7. The minimum atomic E-state index is 0. The van der Waals surface area contributed by atoms with Crippen molar-refractivity contribution in [1.82, 2.24) is 0 Å². The van der Waals surface area contributed by atoms with Gasteiger partial charge in [0.15, 0.2) is 0 Å². The average Bonchev–Trinajstić information content (AvgIpc) is 3.16. The largest absolute Gasteiger partial charge is 0.0877 e. The van der Waals surface area contributed by atoms with Gasteiger partial charge in [-0.15, -0.1) is 0 Å². The normalized spacial score (nSPS) is 16.5. The summed E-state index contributed by atoms with van der Waals surface area (Å²) in [4.78, 5) is 0. The lowest BCUT2D eigenvalue weighted by Gasteiger charge is -2.31. The molecule has 0 saturated carbocycles. The van der Waals surface area contributed by atoms with E-state index < -0.39 is 0 Å². The molecule has 0 fully saturated rings. The quantitative estimate of drug-likeness (QED) is 0.161. The summed E-state index contributed by atoms with van der Waals surface area (Å²) in [7, 11) is 0. The van der Waals surface area contributed by atoms with Gasteiger partial charge in [0.25, 0.3) is 0 Å². The summed E-state index contributed by atoms with van der Waals surface area (Å²) in [5.74, 6) is 2.62. The van der Waals surface area contributed by atoms with Crippen LogP contribution in [-0.4, -0.2) is 0 Å². The topological polar surface area (TPSA) is 0 Å². The molecule has 0 nitrogen and oxygen atoms in total. The van der Waals surface area contributed by atoms with Gasteiger partial charge in [-0.2, -0.15) is 0 Å². The van der Waals surface area contributed by atoms with Gasteiger partial charge in [-0.1, -0.05) is 195 Å². The Labute approximate surface area is 286 Å². The van der Waals surface area contributed by atoms with Crippen LogP contribution < -0.4 is 0 Å². The molecule has 0 N–H and O–H groups in total. The van der Waals surface area contributed by atoms with Crippen LogP contribution in [0.1, 0.15) is 180 Å². The van der Waals surface area contributed by atoms with E-state index in [1.54, 1.807) is 11.1 Å². The zero-order valence-electron chi connectivity index (χ0n) is 32.7. The molecule has 1 aromatic carbocycles. The molecule has 262 valence electrons. The van der Waals surface area contributed by atoms with Crippen molar-refractivity contribution in [3.8, 4) is 0 Å². The number of allylic oxidation sites excluding steroid dienone is 8. The monoisotopic (exact) mass is 623 g/mol. The van der Waals surface area contributed by atoms with Gasteiger partial charge in [-0.3, -0.25) is 0 Å². The third-order valence-corrected chi connectivity index (χ3v) is 9.44. The third kappa shape index (κ3) is 20.8. The maximum atomic E-state index is 2.61. The fraction of sp³-hybridized carbons (Fsp3) is 0.689. The van der Waals surface area contributed by atoms with Crippen molar-refractivity contribution in [1.29, 1.82) is 0 Å². The van der Waals surface area contributed by atoms with Crippen LogP contribution in [0.5, 0.6) is 0 Å². The summed E-state index contributed by atoms with van der Waals surface area (Å²) in [5, 5.41) is 0. The maximum absolute atomic E-state index is 2.61. The molecular weight excluding hydrogens is 540 g/mol. The zero-order valence-corrected chi connectivity index (χ0v) is 32.7. The van der Waals surface area contributed by atoms with Crippen LogP contribution in [0.15, 0.2) is 71.9 Å². The van der Waals surface area contributed by atoms with Crippen molar-refractivity contribution in [2.24, 2.45) is 28.6 Å². The highest BCUT2D eigenvalue weighted by Crippen LogP contribution is 2.41. The zero-order chi connectivity index (χ0) is 34.3. The highest BCUT2D eigenvalue weighted by Gasteiger charge is 2.27. The molecule has 0 radical (unpaired) electrons. The van der Waals surface area contributed by atoms with Crippen molar-refractivity contribution in [2.75, 3.05) is 0 Å². The Morgan fingerprint density at radius 2 is 1.47 bits per heavy atom. The van der Waals surface area contributed by atoms with Crippen molar-refractivity contribution in [2.45, 2.75) is 175 Å². The molecule has 0 heteroatoms. The molecule has 0 aliphatic heterocycles. The molecular formula is C45H82. The van der Waals surface area contributed by atoms with Gasteiger partial charge in [0.1, 0.15) is 0 Å². The molecule has 2 rings (SSSR count). The van der Waals surface area contributed by atoms with Crippen LogP contribution in [0.2, 0.25) is 0 Å². The van der Waals surface area contributed by atoms with Crippen LogP contribution in [0.3, 0.4) is 0 Å². The number of hydrogen-bond donors (Lipinski definition) is 0. The molecule has 45 heavy (non-hydrogen) atoms. The van der Waals surface area contributed by atoms with E-state index in [-0.39, 0.29) is 7.43 Å². The standard InChI is InChI=1S/C31H50.C9H16.2C2H6.CH4/c1-22(2)31(9,10)21-26-19-24(4)13-17-28(20-26)29(18-14-25(5)30(6,7)8)27-15-11-23(3)12-16-27;1-3-5-7-9-8-6-4-2;2*1-2;/h11-12,15-16,19-20,22,24-25,29H,13-14,17-18,21H2,1-10H3;3,5,7,9H,4,6,8H2,1-2H3;2*1-2H3;1H4/b;5-3-,9-7-;;;/t24?,25-,29-;;;;/m1..../s1. The highest BCUT2D eigenvalue weighted by molar-refractivity contribution is 5.37. The third-order valence-electron chi connectivity index (χ3n) is 9.44. The average molecular weight is 623 g/mol. The molecule has 0 aromatic heterocycles. The fourth-order valence-electron chi connectivity index (χ4n) is 5.14. The molecule has 1 aliphatic rings. The van der Waals surface area contributed by atoms with Crippen molar-refractivity contribution in [3.05, 3.63) is 83.0 Å². The van der Waals surface area contributed by atoms with Crippen molar-refractivity contribution < 1.29 is 0 Å². The molecule has 0 bridgehead atoms. The van der Waals surface area contributed by atoms with Gasteiger partial charge >= 0.3 is 0 Å². The van der Waals surface area contributed by atoms with E-state index in [1.165, 1.54) is 62.5 Å². The number of rotatable bonds is 12. The van der Waals surface area contributed by atoms with Gasteiger partial charge in [-0.05, 0) is 86.5 Å². The van der Waals surface area contributed by atoms with E-state index in [1.807, 2.05) is 40.7 Å². The number of aryl methyl sites for hydroxylation is 1. The lowest BCUT2D eigenvalue weighted by molar-refractivity contribution is 0.239. The number of unbranched alkanes of at least 4 members (excludes halogenated alkanes) is 2. The minimum absolute atomic E-state index is 0.